The minimum Gasteiger partial charge on any atom is -0.444 e. The van der Waals surface area contributed by atoms with E-state index in [9.17, 15) is 4.79 Å². The second kappa shape index (κ2) is 5.16. The quantitative estimate of drug-likeness (QED) is 0.789. The van der Waals surface area contributed by atoms with Crippen LogP contribution in [0.25, 0.3) is 0 Å². The highest BCUT2D eigenvalue weighted by Gasteiger charge is 2.34. The van der Waals surface area contributed by atoms with Crippen molar-refractivity contribution >= 4 is 6.09 Å². The summed E-state index contributed by atoms with van der Waals surface area (Å²) in [4.78, 5) is 13.9. The minimum atomic E-state index is -0.508. The molecule has 0 bridgehead atoms. The molecule has 1 aliphatic heterocycles. The number of carbonyl (C=O) groups is 1. The second-order valence-electron chi connectivity index (χ2n) is 6.02. The molecule has 0 N–H and O–H groups in total. The molecule has 0 spiro atoms. The van der Waals surface area contributed by atoms with Gasteiger partial charge in [-0.2, -0.15) is 10.4 Å². The second-order valence-corrected chi connectivity index (χ2v) is 6.02. The van der Waals surface area contributed by atoms with Crippen molar-refractivity contribution in [3.05, 3.63) is 17.5 Å². The summed E-state index contributed by atoms with van der Waals surface area (Å²) in [5.41, 5.74) is 0.745. The van der Waals surface area contributed by atoms with Crippen LogP contribution in [0.1, 0.15) is 51.0 Å². The summed E-state index contributed by atoms with van der Waals surface area (Å²) in [6.45, 7) is 6.22. The Morgan fingerprint density at radius 3 is 2.80 bits per heavy atom. The van der Waals surface area contributed by atoms with Crippen molar-refractivity contribution in [1.29, 1.82) is 5.26 Å². The van der Waals surface area contributed by atoms with Crippen LogP contribution in [0.15, 0.2) is 6.07 Å². The Hall–Kier alpha value is -2.03. The Labute approximate surface area is 118 Å². The van der Waals surface area contributed by atoms with Crippen LogP contribution >= 0.6 is 0 Å². The molecule has 1 amide bonds. The lowest BCUT2D eigenvalue weighted by Gasteiger charge is -2.27. The zero-order chi connectivity index (χ0) is 14.9. The van der Waals surface area contributed by atoms with E-state index in [0.717, 1.165) is 18.5 Å². The highest BCUT2D eigenvalue weighted by atomic mass is 16.6. The van der Waals surface area contributed by atoms with Crippen LogP contribution in [0.3, 0.4) is 0 Å². The van der Waals surface area contributed by atoms with Gasteiger partial charge in [0, 0.05) is 13.6 Å². The van der Waals surface area contributed by atoms with Gasteiger partial charge in [-0.3, -0.25) is 9.58 Å². The first-order chi connectivity index (χ1) is 9.31. The third kappa shape index (κ3) is 2.93. The smallest absolute Gasteiger partial charge is 0.410 e. The zero-order valence-electron chi connectivity index (χ0n) is 12.4. The maximum Gasteiger partial charge on any atom is 0.410 e. The van der Waals surface area contributed by atoms with Crippen molar-refractivity contribution in [1.82, 2.24) is 14.7 Å². The van der Waals surface area contributed by atoms with E-state index in [-0.39, 0.29) is 12.1 Å². The van der Waals surface area contributed by atoms with Crippen LogP contribution in [0, 0.1) is 11.3 Å². The maximum absolute atomic E-state index is 12.2. The van der Waals surface area contributed by atoms with Crippen molar-refractivity contribution < 1.29 is 9.53 Å². The Balaban J connectivity index is 2.19. The van der Waals surface area contributed by atoms with E-state index in [0.29, 0.717) is 12.2 Å². The molecule has 1 fully saturated rings. The van der Waals surface area contributed by atoms with E-state index in [1.54, 1.807) is 22.7 Å². The van der Waals surface area contributed by atoms with Crippen LogP contribution in [0.5, 0.6) is 0 Å². The molecule has 1 aromatic heterocycles. The molecule has 0 saturated carbocycles. The maximum atomic E-state index is 12.2. The highest BCUT2D eigenvalue weighted by molar-refractivity contribution is 5.69. The number of nitriles is 1. The molecular weight excluding hydrogens is 256 g/mol. The summed E-state index contributed by atoms with van der Waals surface area (Å²) < 4.78 is 6.97. The molecule has 0 aromatic carbocycles. The molecule has 6 nitrogen and oxygen atoms in total. The fourth-order valence-corrected chi connectivity index (χ4v) is 2.37. The normalized spacial score (nSPS) is 18.9. The standard InChI is InChI=1S/C14H20N4O2/c1-14(2,3)20-13(19)18-7-5-6-12(18)11-8-10(9-15)17(4)16-11/h8,12H,5-7H2,1-4H3/t12-/m0/s1. The van der Waals surface area contributed by atoms with Crippen molar-refractivity contribution in [3.8, 4) is 6.07 Å². The lowest BCUT2D eigenvalue weighted by atomic mass is 10.1. The van der Waals surface area contributed by atoms with Gasteiger partial charge in [0.05, 0.1) is 11.7 Å². The van der Waals surface area contributed by atoms with E-state index < -0.39 is 5.60 Å². The minimum absolute atomic E-state index is 0.0989. The monoisotopic (exact) mass is 276 g/mol. The van der Waals surface area contributed by atoms with Gasteiger partial charge in [0.1, 0.15) is 17.4 Å². The number of hydrogen-bond donors (Lipinski definition) is 0. The Bertz CT molecular complexity index is 551. The lowest BCUT2D eigenvalue weighted by molar-refractivity contribution is 0.0221. The van der Waals surface area contributed by atoms with E-state index in [4.69, 9.17) is 10.00 Å². The molecule has 1 aliphatic rings. The van der Waals surface area contributed by atoms with Crippen molar-refractivity contribution in [2.24, 2.45) is 7.05 Å². The van der Waals surface area contributed by atoms with E-state index in [1.807, 2.05) is 20.8 Å². The van der Waals surface area contributed by atoms with Crippen LogP contribution in [-0.2, 0) is 11.8 Å². The number of rotatable bonds is 1. The van der Waals surface area contributed by atoms with Gasteiger partial charge in [-0.05, 0) is 39.7 Å². The van der Waals surface area contributed by atoms with Crippen molar-refractivity contribution in [2.45, 2.75) is 45.3 Å². The van der Waals surface area contributed by atoms with Gasteiger partial charge in [0.2, 0.25) is 0 Å². The Morgan fingerprint density at radius 2 is 2.25 bits per heavy atom. The van der Waals surface area contributed by atoms with Gasteiger partial charge in [-0.1, -0.05) is 0 Å². The predicted octanol–water partition coefficient (Wildman–Crippen LogP) is 2.36. The number of amides is 1. The summed E-state index contributed by atoms with van der Waals surface area (Å²) in [6, 6.07) is 3.73. The van der Waals surface area contributed by atoms with Crippen LogP contribution in [-0.4, -0.2) is 32.9 Å². The SMILES string of the molecule is Cn1nc([C@@H]2CCCN2C(=O)OC(C)(C)C)cc1C#N. The van der Waals surface area contributed by atoms with Crippen molar-refractivity contribution in [2.75, 3.05) is 6.54 Å². The molecule has 2 rings (SSSR count). The molecule has 6 heteroatoms. The van der Waals surface area contributed by atoms with Crippen LogP contribution < -0.4 is 0 Å². The largest absolute Gasteiger partial charge is 0.444 e. The van der Waals surface area contributed by atoms with Gasteiger partial charge in [-0.15, -0.1) is 0 Å². The molecule has 20 heavy (non-hydrogen) atoms. The molecule has 0 unspecified atom stereocenters. The summed E-state index contributed by atoms with van der Waals surface area (Å²) >= 11 is 0. The number of aryl methyl sites for hydroxylation is 1. The summed E-state index contributed by atoms with van der Waals surface area (Å²) in [6.07, 6.45) is 1.45. The van der Waals surface area contributed by atoms with E-state index in [2.05, 4.69) is 11.2 Å². The summed E-state index contributed by atoms with van der Waals surface area (Å²) in [7, 11) is 1.73. The number of hydrogen-bond acceptors (Lipinski definition) is 4. The summed E-state index contributed by atoms with van der Waals surface area (Å²) in [5, 5.41) is 13.3. The first-order valence-corrected chi connectivity index (χ1v) is 6.75. The number of ether oxygens (including phenoxy) is 1. The average molecular weight is 276 g/mol. The third-order valence-electron chi connectivity index (χ3n) is 3.24. The van der Waals surface area contributed by atoms with Gasteiger partial charge in [0.15, 0.2) is 0 Å². The topological polar surface area (TPSA) is 71.2 Å². The van der Waals surface area contributed by atoms with Crippen LogP contribution in [0.2, 0.25) is 0 Å². The Kier molecular flexibility index (Phi) is 3.71. The van der Waals surface area contributed by atoms with E-state index >= 15 is 0 Å². The fourth-order valence-electron chi connectivity index (χ4n) is 2.37. The number of nitrogens with zero attached hydrogens (tertiary/aromatic N) is 4. The first-order valence-electron chi connectivity index (χ1n) is 6.75. The van der Waals surface area contributed by atoms with Gasteiger partial charge in [-0.25, -0.2) is 4.79 Å². The van der Waals surface area contributed by atoms with Crippen LogP contribution in [0.4, 0.5) is 4.79 Å². The first kappa shape index (κ1) is 14.4. The summed E-state index contributed by atoms with van der Waals surface area (Å²) in [5.74, 6) is 0. The molecule has 108 valence electrons. The Morgan fingerprint density at radius 1 is 1.55 bits per heavy atom. The number of aromatic nitrogens is 2. The lowest BCUT2D eigenvalue weighted by Crippen LogP contribution is -2.36. The zero-order valence-corrected chi connectivity index (χ0v) is 12.4. The van der Waals surface area contributed by atoms with E-state index in [1.165, 1.54) is 0 Å². The fraction of sp³-hybridized carbons (Fsp3) is 0.643. The molecule has 1 aromatic rings. The molecule has 0 aliphatic carbocycles. The molecule has 0 radical (unpaired) electrons. The number of carbonyl (C=O) groups excluding carboxylic acids is 1. The predicted molar refractivity (Wildman–Crippen MR) is 72.8 cm³/mol. The molecular formula is C14H20N4O2. The van der Waals surface area contributed by atoms with Crippen molar-refractivity contribution in [3.63, 3.8) is 0 Å². The average Bonchev–Trinajstić information content (AvgIpc) is 2.92. The van der Waals surface area contributed by atoms with Gasteiger partial charge in [0.25, 0.3) is 0 Å². The third-order valence-corrected chi connectivity index (χ3v) is 3.24. The highest BCUT2D eigenvalue weighted by Crippen LogP contribution is 2.32. The van der Waals surface area contributed by atoms with Gasteiger partial charge < -0.3 is 4.74 Å². The molecule has 1 atom stereocenters. The van der Waals surface area contributed by atoms with Gasteiger partial charge >= 0.3 is 6.09 Å². The number of likely N-dealkylation sites (tertiary alicyclic amines) is 1. The molecule has 1 saturated heterocycles. The molecule has 2 heterocycles.